The standard InChI is InChI=1S/C18H19ClN2O4/c1-2-24-17-15(4-3-10-21-17)18(23)25-12-16(22)20-11-9-13-5-7-14(19)8-6-13/h3-8,10H,2,9,11-12H2,1H3,(H,20,22). The van der Waals surface area contributed by atoms with Gasteiger partial charge in [-0.2, -0.15) is 0 Å². The number of benzene rings is 1. The summed E-state index contributed by atoms with van der Waals surface area (Å²) in [5.74, 6) is -0.827. The SMILES string of the molecule is CCOc1ncccc1C(=O)OCC(=O)NCCc1ccc(Cl)cc1. The van der Waals surface area contributed by atoms with E-state index in [2.05, 4.69) is 10.3 Å². The molecule has 0 aliphatic carbocycles. The minimum atomic E-state index is -0.649. The first-order valence-electron chi connectivity index (χ1n) is 7.86. The van der Waals surface area contributed by atoms with Gasteiger partial charge in [-0.1, -0.05) is 23.7 Å². The number of hydrogen-bond acceptors (Lipinski definition) is 5. The van der Waals surface area contributed by atoms with Crippen LogP contribution in [-0.2, 0) is 16.0 Å². The second kappa shape index (κ2) is 9.64. The zero-order chi connectivity index (χ0) is 18.1. The molecule has 2 aromatic rings. The first kappa shape index (κ1) is 18.7. The summed E-state index contributed by atoms with van der Waals surface area (Å²) in [6.07, 6.45) is 2.18. The van der Waals surface area contributed by atoms with Crippen molar-refractivity contribution in [2.45, 2.75) is 13.3 Å². The van der Waals surface area contributed by atoms with E-state index in [1.165, 1.54) is 6.20 Å². The highest BCUT2D eigenvalue weighted by atomic mass is 35.5. The van der Waals surface area contributed by atoms with Gasteiger partial charge in [0.15, 0.2) is 6.61 Å². The van der Waals surface area contributed by atoms with Crippen molar-refractivity contribution in [3.05, 3.63) is 58.7 Å². The lowest BCUT2D eigenvalue weighted by Crippen LogP contribution is -2.30. The number of amides is 1. The minimum absolute atomic E-state index is 0.193. The quantitative estimate of drug-likeness (QED) is 0.730. The van der Waals surface area contributed by atoms with Gasteiger partial charge in [-0.25, -0.2) is 9.78 Å². The van der Waals surface area contributed by atoms with Gasteiger partial charge < -0.3 is 14.8 Å². The maximum absolute atomic E-state index is 12.0. The third-order valence-corrected chi connectivity index (χ3v) is 3.51. The van der Waals surface area contributed by atoms with Crippen molar-refractivity contribution >= 4 is 23.5 Å². The van der Waals surface area contributed by atoms with Crippen molar-refractivity contribution in [3.8, 4) is 5.88 Å². The Morgan fingerprint density at radius 3 is 2.68 bits per heavy atom. The lowest BCUT2D eigenvalue weighted by Gasteiger charge is -2.09. The molecule has 0 spiro atoms. The molecule has 0 fully saturated rings. The summed E-state index contributed by atoms with van der Waals surface area (Å²) < 4.78 is 10.3. The van der Waals surface area contributed by atoms with Crippen LogP contribution in [0.4, 0.5) is 0 Å². The molecule has 0 unspecified atom stereocenters. The van der Waals surface area contributed by atoms with Gasteiger partial charge >= 0.3 is 5.97 Å². The smallest absolute Gasteiger partial charge is 0.344 e. The lowest BCUT2D eigenvalue weighted by molar-refractivity contribution is -0.124. The predicted octanol–water partition coefficient (Wildman–Crippen LogP) is 2.65. The van der Waals surface area contributed by atoms with Crippen LogP contribution in [0.25, 0.3) is 0 Å². The number of hydrogen-bond donors (Lipinski definition) is 1. The van der Waals surface area contributed by atoms with Gasteiger partial charge in [0.1, 0.15) is 5.56 Å². The van der Waals surface area contributed by atoms with E-state index in [0.717, 1.165) is 5.56 Å². The zero-order valence-corrected chi connectivity index (χ0v) is 14.6. The summed E-state index contributed by atoms with van der Waals surface area (Å²) >= 11 is 5.82. The number of rotatable bonds is 8. The molecule has 6 nitrogen and oxygen atoms in total. The molecule has 1 heterocycles. The Bertz CT molecular complexity index is 719. The molecule has 0 saturated carbocycles. The number of halogens is 1. The molecule has 0 radical (unpaired) electrons. The molecular formula is C18H19ClN2O4. The van der Waals surface area contributed by atoms with Crippen LogP contribution in [-0.4, -0.2) is 36.6 Å². The van der Waals surface area contributed by atoms with E-state index < -0.39 is 5.97 Å². The normalized spacial score (nSPS) is 10.2. The first-order chi connectivity index (χ1) is 12.1. The number of nitrogens with zero attached hydrogens (tertiary/aromatic N) is 1. The van der Waals surface area contributed by atoms with Gasteiger partial charge in [-0.05, 0) is 43.2 Å². The second-order valence-electron chi connectivity index (χ2n) is 5.09. The van der Waals surface area contributed by atoms with Crippen LogP contribution < -0.4 is 10.1 Å². The number of nitrogens with one attached hydrogen (secondary N) is 1. The molecule has 1 aromatic carbocycles. The molecule has 2 rings (SSSR count). The van der Waals surface area contributed by atoms with Crippen molar-refractivity contribution in [2.24, 2.45) is 0 Å². The molecule has 1 amide bonds. The third-order valence-electron chi connectivity index (χ3n) is 3.26. The van der Waals surface area contributed by atoms with Crippen molar-refractivity contribution in [2.75, 3.05) is 19.8 Å². The molecule has 0 aliphatic rings. The Morgan fingerprint density at radius 1 is 1.20 bits per heavy atom. The molecule has 132 valence electrons. The van der Waals surface area contributed by atoms with Gasteiger partial charge in [-0.15, -0.1) is 0 Å². The maximum Gasteiger partial charge on any atom is 0.344 e. The lowest BCUT2D eigenvalue weighted by atomic mass is 10.1. The molecule has 0 atom stereocenters. The third kappa shape index (κ3) is 6.08. The zero-order valence-electron chi connectivity index (χ0n) is 13.8. The van der Waals surface area contributed by atoms with Gasteiger partial charge in [-0.3, -0.25) is 4.79 Å². The van der Waals surface area contributed by atoms with E-state index >= 15 is 0 Å². The summed E-state index contributed by atoms with van der Waals surface area (Å²) in [5.41, 5.74) is 1.25. The molecule has 1 N–H and O–H groups in total. The minimum Gasteiger partial charge on any atom is -0.477 e. The van der Waals surface area contributed by atoms with Crippen molar-refractivity contribution in [1.82, 2.24) is 10.3 Å². The van der Waals surface area contributed by atoms with E-state index in [4.69, 9.17) is 21.1 Å². The Hall–Kier alpha value is -2.60. The highest BCUT2D eigenvalue weighted by Crippen LogP contribution is 2.15. The van der Waals surface area contributed by atoms with E-state index in [1.807, 2.05) is 12.1 Å². The van der Waals surface area contributed by atoms with Gasteiger partial charge in [0.2, 0.25) is 5.88 Å². The number of ether oxygens (including phenoxy) is 2. The van der Waals surface area contributed by atoms with Crippen molar-refractivity contribution in [1.29, 1.82) is 0 Å². The molecule has 0 bridgehead atoms. The number of esters is 1. The number of aromatic nitrogens is 1. The van der Waals surface area contributed by atoms with Crippen LogP contribution in [0.15, 0.2) is 42.6 Å². The van der Waals surface area contributed by atoms with Crippen LogP contribution in [0, 0.1) is 0 Å². The first-order valence-corrected chi connectivity index (χ1v) is 8.24. The van der Waals surface area contributed by atoms with Gasteiger partial charge in [0.05, 0.1) is 6.61 Å². The van der Waals surface area contributed by atoms with Crippen LogP contribution in [0.1, 0.15) is 22.8 Å². The van der Waals surface area contributed by atoms with Crippen LogP contribution in [0.5, 0.6) is 5.88 Å². The Labute approximate surface area is 151 Å². The fourth-order valence-electron chi connectivity index (χ4n) is 2.06. The topological polar surface area (TPSA) is 77.5 Å². The monoisotopic (exact) mass is 362 g/mol. The van der Waals surface area contributed by atoms with E-state index in [0.29, 0.717) is 24.6 Å². The van der Waals surface area contributed by atoms with Crippen molar-refractivity contribution in [3.63, 3.8) is 0 Å². The second-order valence-corrected chi connectivity index (χ2v) is 5.53. The molecule has 0 saturated heterocycles. The van der Waals surface area contributed by atoms with Crippen LogP contribution in [0.2, 0.25) is 5.02 Å². The Kier molecular flexibility index (Phi) is 7.22. The van der Waals surface area contributed by atoms with Crippen molar-refractivity contribution < 1.29 is 19.1 Å². The Morgan fingerprint density at radius 2 is 1.96 bits per heavy atom. The summed E-state index contributed by atoms with van der Waals surface area (Å²) in [6, 6.07) is 10.5. The number of carbonyl (C=O) groups excluding carboxylic acids is 2. The predicted molar refractivity (Wildman–Crippen MR) is 93.9 cm³/mol. The average molecular weight is 363 g/mol. The molecular weight excluding hydrogens is 344 g/mol. The molecule has 25 heavy (non-hydrogen) atoms. The van der Waals surface area contributed by atoms with Crippen LogP contribution >= 0.6 is 11.6 Å². The summed E-state index contributed by atoms with van der Waals surface area (Å²) in [7, 11) is 0. The molecule has 1 aromatic heterocycles. The summed E-state index contributed by atoms with van der Waals surface area (Å²) in [4.78, 5) is 27.8. The molecule has 0 aliphatic heterocycles. The fraction of sp³-hybridized carbons (Fsp3) is 0.278. The Balaban J connectivity index is 1.76. The van der Waals surface area contributed by atoms with E-state index in [-0.39, 0.29) is 24.0 Å². The summed E-state index contributed by atoms with van der Waals surface area (Å²) in [6.45, 7) is 2.25. The van der Waals surface area contributed by atoms with Gasteiger partial charge in [0, 0.05) is 17.8 Å². The highest BCUT2D eigenvalue weighted by molar-refractivity contribution is 6.30. The van der Waals surface area contributed by atoms with Gasteiger partial charge in [0.25, 0.3) is 5.91 Å². The highest BCUT2D eigenvalue weighted by Gasteiger charge is 2.16. The number of carbonyl (C=O) groups is 2. The largest absolute Gasteiger partial charge is 0.477 e. The van der Waals surface area contributed by atoms with Crippen LogP contribution in [0.3, 0.4) is 0 Å². The average Bonchev–Trinajstić information content (AvgIpc) is 2.62. The summed E-state index contributed by atoms with van der Waals surface area (Å²) in [5, 5.41) is 3.36. The van der Waals surface area contributed by atoms with E-state index in [9.17, 15) is 9.59 Å². The number of pyridine rings is 1. The van der Waals surface area contributed by atoms with E-state index in [1.54, 1.807) is 31.2 Å². The fourth-order valence-corrected chi connectivity index (χ4v) is 2.18. The molecule has 7 heteroatoms. The maximum atomic E-state index is 12.0.